The lowest BCUT2D eigenvalue weighted by Crippen LogP contribution is -2.15. The maximum atomic E-state index is 12.2. The Bertz CT molecular complexity index is 672. The van der Waals surface area contributed by atoms with Crippen molar-refractivity contribution in [3.05, 3.63) is 35.0 Å². The zero-order chi connectivity index (χ0) is 14.6. The predicted octanol–water partition coefficient (Wildman–Crippen LogP) is 1.74. The monoisotopic (exact) mass is 360 g/mol. The Labute approximate surface area is 125 Å². The molecule has 0 bridgehead atoms. The third kappa shape index (κ3) is 3.56. The van der Waals surface area contributed by atoms with Crippen molar-refractivity contribution in [2.45, 2.75) is 18.4 Å². The number of nitrogens with zero attached hydrogens (tertiary/aromatic N) is 2. The third-order valence-corrected chi connectivity index (χ3v) is 4.52. The van der Waals surface area contributed by atoms with Crippen LogP contribution in [0.4, 0.5) is 5.95 Å². The Morgan fingerprint density at radius 3 is 2.70 bits per heavy atom. The van der Waals surface area contributed by atoms with E-state index >= 15 is 0 Å². The van der Waals surface area contributed by atoms with Crippen molar-refractivity contribution in [2.24, 2.45) is 0 Å². The van der Waals surface area contributed by atoms with E-state index in [0.717, 1.165) is 6.54 Å². The molecule has 20 heavy (non-hydrogen) atoms. The summed E-state index contributed by atoms with van der Waals surface area (Å²) in [4.78, 5) is 7.64. The Hall–Kier alpha value is -1.45. The molecule has 0 unspecified atom stereocenters. The van der Waals surface area contributed by atoms with Crippen LogP contribution in [0, 0.1) is 0 Å². The normalized spacial score (nSPS) is 11.5. The van der Waals surface area contributed by atoms with E-state index in [9.17, 15) is 8.42 Å². The molecule has 2 aromatic rings. The Balaban J connectivity index is 2.23. The average Bonchev–Trinajstić information content (AvgIpc) is 2.79. The molecule has 0 fully saturated rings. The van der Waals surface area contributed by atoms with E-state index in [1.807, 2.05) is 6.92 Å². The SMILES string of the molecule is CCNCc1cc(S(=O)(=O)Nc2ncccn2)c(Br)o1. The number of anilines is 1. The standard InChI is InChI=1S/C11H13BrN4O3S/c1-2-13-7-8-6-9(10(12)19-8)20(17,18)16-11-14-4-3-5-15-11/h3-6,13H,2,7H2,1H3,(H,14,15,16). The third-order valence-electron chi connectivity index (χ3n) is 2.34. The van der Waals surface area contributed by atoms with Crippen LogP contribution in [0.5, 0.6) is 0 Å². The van der Waals surface area contributed by atoms with Gasteiger partial charge in [-0.05, 0) is 28.5 Å². The fourth-order valence-electron chi connectivity index (χ4n) is 1.44. The van der Waals surface area contributed by atoms with Crippen LogP contribution in [-0.2, 0) is 16.6 Å². The van der Waals surface area contributed by atoms with Crippen LogP contribution in [0.1, 0.15) is 12.7 Å². The number of hydrogen-bond acceptors (Lipinski definition) is 6. The summed E-state index contributed by atoms with van der Waals surface area (Å²) < 4.78 is 32.2. The number of sulfonamides is 1. The van der Waals surface area contributed by atoms with Crippen LogP contribution in [-0.4, -0.2) is 24.9 Å². The molecule has 2 aromatic heterocycles. The summed E-state index contributed by atoms with van der Waals surface area (Å²) in [6.07, 6.45) is 2.90. The van der Waals surface area contributed by atoms with Gasteiger partial charge in [-0.3, -0.25) is 0 Å². The fraction of sp³-hybridized carbons (Fsp3) is 0.273. The van der Waals surface area contributed by atoms with Crippen molar-refractivity contribution in [3.63, 3.8) is 0 Å². The zero-order valence-corrected chi connectivity index (χ0v) is 13.0. The number of nitrogens with one attached hydrogen (secondary N) is 2. The molecule has 2 N–H and O–H groups in total. The summed E-state index contributed by atoms with van der Waals surface area (Å²) in [5.74, 6) is 0.530. The molecule has 0 aliphatic heterocycles. The fourth-order valence-corrected chi connectivity index (χ4v) is 3.40. The van der Waals surface area contributed by atoms with Crippen LogP contribution < -0.4 is 10.0 Å². The Morgan fingerprint density at radius 1 is 1.35 bits per heavy atom. The molecule has 2 heterocycles. The van der Waals surface area contributed by atoms with Crippen LogP contribution in [0.3, 0.4) is 0 Å². The van der Waals surface area contributed by atoms with Gasteiger partial charge in [0, 0.05) is 18.5 Å². The molecule has 0 aliphatic carbocycles. The molecule has 2 rings (SSSR count). The molecule has 0 saturated heterocycles. The number of hydrogen-bond donors (Lipinski definition) is 2. The van der Waals surface area contributed by atoms with Crippen LogP contribution in [0.25, 0.3) is 0 Å². The highest BCUT2D eigenvalue weighted by atomic mass is 79.9. The smallest absolute Gasteiger partial charge is 0.268 e. The molecule has 0 aromatic carbocycles. The van der Waals surface area contributed by atoms with Gasteiger partial charge in [0.25, 0.3) is 10.0 Å². The summed E-state index contributed by atoms with van der Waals surface area (Å²) in [5.41, 5.74) is 0. The minimum atomic E-state index is -3.79. The van der Waals surface area contributed by atoms with Gasteiger partial charge in [0.2, 0.25) is 5.95 Å². The number of halogens is 1. The minimum absolute atomic E-state index is 0.00818. The molecule has 108 valence electrons. The minimum Gasteiger partial charge on any atom is -0.451 e. The van der Waals surface area contributed by atoms with Gasteiger partial charge in [0.05, 0.1) is 6.54 Å². The van der Waals surface area contributed by atoms with Crippen molar-refractivity contribution in [1.82, 2.24) is 15.3 Å². The molecule has 0 radical (unpaired) electrons. The van der Waals surface area contributed by atoms with Gasteiger partial charge in [0.15, 0.2) is 4.67 Å². The van der Waals surface area contributed by atoms with Gasteiger partial charge in [0.1, 0.15) is 10.7 Å². The van der Waals surface area contributed by atoms with Crippen molar-refractivity contribution in [1.29, 1.82) is 0 Å². The second-order valence-corrected chi connectivity index (χ2v) is 6.18. The van der Waals surface area contributed by atoms with Gasteiger partial charge in [-0.1, -0.05) is 6.92 Å². The number of rotatable bonds is 6. The lowest BCUT2D eigenvalue weighted by atomic mass is 10.4. The van der Waals surface area contributed by atoms with Crippen LogP contribution in [0.15, 0.2) is 38.5 Å². The summed E-state index contributed by atoms with van der Waals surface area (Å²) >= 11 is 3.10. The van der Waals surface area contributed by atoms with E-state index in [0.29, 0.717) is 12.3 Å². The predicted molar refractivity (Wildman–Crippen MR) is 76.6 cm³/mol. The highest BCUT2D eigenvalue weighted by Crippen LogP contribution is 2.27. The van der Waals surface area contributed by atoms with Gasteiger partial charge in [-0.15, -0.1) is 0 Å². The van der Waals surface area contributed by atoms with E-state index in [4.69, 9.17) is 4.42 Å². The molecular weight excluding hydrogens is 348 g/mol. The highest BCUT2D eigenvalue weighted by Gasteiger charge is 2.23. The van der Waals surface area contributed by atoms with Crippen molar-refractivity contribution in [3.8, 4) is 0 Å². The van der Waals surface area contributed by atoms with Gasteiger partial charge in [-0.2, -0.15) is 0 Å². The first-order chi connectivity index (χ1) is 9.53. The lowest BCUT2D eigenvalue weighted by molar-refractivity contribution is 0.464. The van der Waals surface area contributed by atoms with Crippen molar-refractivity contribution in [2.75, 3.05) is 11.3 Å². The average molecular weight is 361 g/mol. The van der Waals surface area contributed by atoms with Gasteiger partial charge < -0.3 is 9.73 Å². The molecular formula is C11H13BrN4O3S. The summed E-state index contributed by atoms with van der Waals surface area (Å²) in [7, 11) is -3.79. The maximum absolute atomic E-state index is 12.2. The molecule has 0 saturated carbocycles. The largest absolute Gasteiger partial charge is 0.451 e. The zero-order valence-electron chi connectivity index (χ0n) is 10.6. The second kappa shape index (κ2) is 6.33. The van der Waals surface area contributed by atoms with Crippen LogP contribution in [0.2, 0.25) is 0 Å². The highest BCUT2D eigenvalue weighted by molar-refractivity contribution is 9.10. The van der Waals surface area contributed by atoms with E-state index in [1.54, 1.807) is 6.07 Å². The Morgan fingerprint density at radius 2 is 2.05 bits per heavy atom. The summed E-state index contributed by atoms with van der Waals surface area (Å²) in [6, 6.07) is 3.05. The van der Waals surface area contributed by atoms with E-state index < -0.39 is 10.0 Å². The van der Waals surface area contributed by atoms with Crippen molar-refractivity contribution < 1.29 is 12.8 Å². The molecule has 0 amide bonds. The topological polar surface area (TPSA) is 97.1 Å². The first-order valence-corrected chi connectivity index (χ1v) is 8.09. The van der Waals surface area contributed by atoms with E-state index in [2.05, 4.69) is 35.9 Å². The molecule has 7 nitrogen and oxygen atoms in total. The quantitative estimate of drug-likeness (QED) is 0.814. The number of furan rings is 1. The molecule has 0 aliphatic rings. The van der Waals surface area contributed by atoms with E-state index in [-0.39, 0.29) is 15.5 Å². The molecule has 0 atom stereocenters. The second-order valence-electron chi connectivity index (χ2n) is 3.81. The molecule has 0 spiro atoms. The number of aromatic nitrogens is 2. The van der Waals surface area contributed by atoms with E-state index in [1.165, 1.54) is 18.5 Å². The first kappa shape index (κ1) is 14.9. The summed E-state index contributed by atoms with van der Waals surface area (Å²) in [6.45, 7) is 3.16. The Kier molecular flexibility index (Phi) is 4.73. The molecule has 9 heteroatoms. The summed E-state index contributed by atoms with van der Waals surface area (Å²) in [5, 5.41) is 3.05. The van der Waals surface area contributed by atoms with Crippen LogP contribution >= 0.6 is 15.9 Å². The lowest BCUT2D eigenvalue weighted by Gasteiger charge is -2.03. The van der Waals surface area contributed by atoms with Gasteiger partial charge >= 0.3 is 0 Å². The van der Waals surface area contributed by atoms with Crippen molar-refractivity contribution >= 4 is 31.9 Å². The first-order valence-electron chi connectivity index (χ1n) is 5.81. The maximum Gasteiger partial charge on any atom is 0.268 e. The van der Waals surface area contributed by atoms with Gasteiger partial charge in [-0.25, -0.2) is 23.1 Å².